The fourth-order valence-corrected chi connectivity index (χ4v) is 3.09. The zero-order chi connectivity index (χ0) is 7.44. The van der Waals surface area contributed by atoms with Crippen molar-refractivity contribution < 1.29 is 4.79 Å². The van der Waals surface area contributed by atoms with Crippen molar-refractivity contribution in [3.05, 3.63) is 0 Å². The Hall–Kier alpha value is 0.110. The van der Waals surface area contributed by atoms with E-state index in [2.05, 4.69) is 11.7 Å². The van der Waals surface area contributed by atoms with E-state index in [0.717, 1.165) is 6.29 Å². The Labute approximate surface area is 61.3 Å². The topological polar surface area (TPSA) is 17.1 Å². The summed E-state index contributed by atoms with van der Waals surface area (Å²) >= 11 is 0. The molecule has 0 aromatic heterocycles. The predicted octanol–water partition coefficient (Wildman–Crippen LogP) is 1.17. The van der Waals surface area contributed by atoms with Gasteiger partial charge < -0.3 is 4.79 Å². The van der Waals surface area contributed by atoms with Gasteiger partial charge in [0.2, 0.25) is 0 Å². The van der Waals surface area contributed by atoms with Crippen LogP contribution in [-0.4, -0.2) is 35.1 Å². The van der Waals surface area contributed by atoms with Gasteiger partial charge in [-0.15, -0.1) is 0 Å². The molecule has 54 valence electrons. The van der Waals surface area contributed by atoms with Crippen LogP contribution in [0.4, 0.5) is 0 Å². The highest BCUT2D eigenvalue weighted by atomic mass is 32.2. The van der Waals surface area contributed by atoms with Crippen LogP contribution in [0.3, 0.4) is 0 Å². The Morgan fingerprint density at radius 2 is 1.67 bits per heavy atom. The van der Waals surface area contributed by atoms with Crippen LogP contribution in [0.25, 0.3) is 0 Å². The van der Waals surface area contributed by atoms with E-state index in [9.17, 15) is 4.79 Å². The zero-order valence-electron chi connectivity index (χ0n) is 5.79. The van der Waals surface area contributed by atoms with E-state index < -0.39 is 0 Å². The molecule has 0 saturated heterocycles. The first-order valence-electron chi connectivity index (χ1n) is 2.43. The normalized spacial score (nSPS) is 20.2. The van der Waals surface area contributed by atoms with Crippen molar-refractivity contribution in [2.24, 2.45) is 0 Å². The lowest BCUT2D eigenvalue weighted by atomic mass is 10.9. The first kappa shape index (κ1) is 9.11. The summed E-state index contributed by atoms with van der Waals surface area (Å²) in [6, 6.07) is 0. The minimum atomic E-state index is -0.0517. The van der Waals surface area contributed by atoms with Crippen LogP contribution in [0.1, 0.15) is 0 Å². The van der Waals surface area contributed by atoms with Crippen LogP contribution < -0.4 is 0 Å². The van der Waals surface area contributed by atoms with Crippen molar-refractivity contribution in [1.82, 2.24) is 0 Å². The molecular weight excluding hydrogens is 152 g/mol. The lowest BCUT2D eigenvalue weighted by Gasteiger charge is -2.10. The van der Waals surface area contributed by atoms with E-state index in [1.54, 1.807) is 0 Å². The maximum absolute atomic E-state index is 10.3. The molecule has 0 aromatic rings. The highest BCUT2D eigenvalue weighted by Crippen LogP contribution is 2.25. The number of carbonyl (C=O) groups is 1. The lowest BCUT2D eigenvalue weighted by Crippen LogP contribution is -2.00. The molecule has 3 heteroatoms. The fraction of sp³-hybridized carbons (Fsp3) is 0.500. The van der Waals surface area contributed by atoms with Crippen molar-refractivity contribution >= 4 is 39.0 Å². The summed E-state index contributed by atoms with van der Waals surface area (Å²) in [7, 11) is -0.103. The first-order valence-corrected chi connectivity index (χ1v) is 6.16. The molecule has 0 saturated carbocycles. The highest BCUT2D eigenvalue weighted by Gasteiger charge is 2.04. The van der Waals surface area contributed by atoms with Gasteiger partial charge in [0, 0.05) is 0 Å². The maximum atomic E-state index is 10.3. The number of hydrogen-bond donors (Lipinski definition) is 0. The van der Waals surface area contributed by atoms with Crippen molar-refractivity contribution in [2.45, 2.75) is 4.58 Å². The summed E-state index contributed by atoms with van der Waals surface area (Å²) in [4.78, 5) is 10.3. The SMILES string of the molecule is C=S(C)C(C=O)S(=C)C. The lowest BCUT2D eigenvalue weighted by molar-refractivity contribution is -0.106. The molecule has 1 nitrogen and oxygen atoms in total. The molecule has 0 aromatic carbocycles. The molecule has 0 fully saturated rings. The monoisotopic (exact) mass is 164 g/mol. The second-order valence-electron chi connectivity index (χ2n) is 1.89. The van der Waals surface area contributed by atoms with Crippen LogP contribution in [0.2, 0.25) is 0 Å². The smallest absolute Gasteiger partial charge is 0.141 e. The van der Waals surface area contributed by atoms with E-state index in [-0.39, 0.29) is 25.6 Å². The second kappa shape index (κ2) is 4.01. The number of rotatable bonds is 3. The van der Waals surface area contributed by atoms with Gasteiger partial charge in [-0.25, -0.2) is 0 Å². The summed E-state index contributed by atoms with van der Waals surface area (Å²) in [6.45, 7) is 0. The van der Waals surface area contributed by atoms with E-state index in [4.69, 9.17) is 0 Å². The van der Waals surface area contributed by atoms with Gasteiger partial charge in [0.15, 0.2) is 0 Å². The van der Waals surface area contributed by atoms with Crippen LogP contribution in [0.5, 0.6) is 0 Å². The van der Waals surface area contributed by atoms with Crippen LogP contribution >= 0.6 is 21.0 Å². The minimum absolute atomic E-state index is 0.0517. The van der Waals surface area contributed by atoms with Gasteiger partial charge in [0.05, 0.1) is 4.58 Å². The molecule has 0 aliphatic heterocycles. The third-order valence-electron chi connectivity index (χ3n) is 0.904. The van der Waals surface area contributed by atoms with Crippen LogP contribution in [0, 0.1) is 0 Å². The fourth-order valence-electron chi connectivity index (χ4n) is 0.470. The third kappa shape index (κ3) is 2.96. The number of hydrogen-bond acceptors (Lipinski definition) is 1. The Balaban J connectivity index is 4.16. The third-order valence-corrected chi connectivity index (χ3v) is 4.68. The van der Waals surface area contributed by atoms with Crippen molar-refractivity contribution in [1.29, 1.82) is 0 Å². The Kier molecular flexibility index (Phi) is 4.06. The van der Waals surface area contributed by atoms with E-state index in [1.165, 1.54) is 0 Å². The van der Waals surface area contributed by atoms with E-state index in [0.29, 0.717) is 0 Å². The van der Waals surface area contributed by atoms with E-state index in [1.807, 2.05) is 12.5 Å². The average Bonchev–Trinajstić information content (AvgIpc) is 1.64. The van der Waals surface area contributed by atoms with Crippen molar-refractivity contribution in [2.75, 3.05) is 12.5 Å². The molecule has 0 amide bonds. The zero-order valence-corrected chi connectivity index (χ0v) is 7.43. The summed E-state index contributed by atoms with van der Waals surface area (Å²) < 4.78 is 0.0741. The van der Waals surface area contributed by atoms with E-state index >= 15 is 0 Å². The quantitative estimate of drug-likeness (QED) is 0.452. The molecule has 2 atom stereocenters. The standard InChI is InChI=1S/C6H12OS2/c1-8(2)6(5-7)9(3)4/h5-6H,1,3H2,2,4H3. The predicted molar refractivity (Wildman–Crippen MR) is 51.1 cm³/mol. The first-order chi connectivity index (χ1) is 4.09. The summed E-state index contributed by atoms with van der Waals surface area (Å²) in [5.41, 5.74) is 0. The minimum Gasteiger partial charge on any atom is -0.301 e. The van der Waals surface area contributed by atoms with Crippen LogP contribution in [0.15, 0.2) is 0 Å². The average molecular weight is 164 g/mol. The Bertz CT molecular complexity index is 137. The Morgan fingerprint density at radius 3 is 1.67 bits per heavy atom. The molecule has 2 unspecified atom stereocenters. The van der Waals surface area contributed by atoms with Gasteiger partial charge in [0.25, 0.3) is 0 Å². The molecule has 0 bridgehead atoms. The molecule has 9 heavy (non-hydrogen) atoms. The second-order valence-corrected chi connectivity index (χ2v) is 5.96. The summed E-state index contributed by atoms with van der Waals surface area (Å²) in [6.07, 6.45) is 4.90. The summed E-state index contributed by atoms with van der Waals surface area (Å²) in [5.74, 6) is 7.59. The molecule has 0 aliphatic rings. The molecule has 0 aliphatic carbocycles. The van der Waals surface area contributed by atoms with Crippen molar-refractivity contribution in [3.8, 4) is 0 Å². The molecule has 0 radical (unpaired) electrons. The number of carbonyl (C=O) groups excluding carboxylic acids is 1. The van der Waals surface area contributed by atoms with Crippen molar-refractivity contribution in [3.63, 3.8) is 0 Å². The molecule has 0 rings (SSSR count). The van der Waals surface area contributed by atoms with Gasteiger partial charge in [-0.05, 0) is 12.5 Å². The molecule has 0 heterocycles. The van der Waals surface area contributed by atoms with Gasteiger partial charge in [-0.3, -0.25) is 0 Å². The van der Waals surface area contributed by atoms with Crippen LogP contribution in [-0.2, 0) is 4.79 Å². The molecule has 0 N–H and O–H groups in total. The van der Waals surface area contributed by atoms with Gasteiger partial charge in [-0.2, -0.15) is 21.0 Å². The highest BCUT2D eigenvalue weighted by molar-refractivity contribution is 8.31. The van der Waals surface area contributed by atoms with Gasteiger partial charge >= 0.3 is 0 Å². The largest absolute Gasteiger partial charge is 0.301 e. The Morgan fingerprint density at radius 1 is 1.33 bits per heavy atom. The molecular formula is C6H12OS2. The number of aldehydes is 1. The summed E-state index contributed by atoms with van der Waals surface area (Å²) in [5, 5.41) is 0. The van der Waals surface area contributed by atoms with Gasteiger partial charge in [0.1, 0.15) is 6.29 Å². The maximum Gasteiger partial charge on any atom is 0.141 e. The molecule has 0 spiro atoms. The van der Waals surface area contributed by atoms with Gasteiger partial charge in [-0.1, -0.05) is 11.7 Å².